The lowest BCUT2D eigenvalue weighted by Crippen LogP contribution is -2.15. The standard InChI is InChI=1S/C21H19ClF3N3O.C7H14O/c1-4-12(8-26-3)13-7-14-15(10-28-20(14)27-9-13)11(2)18-17(29-21(24)25)6-5-16(23)19(18)22;1-6-2-4-7(8)5-3-6/h4-11,21H,1-3H3,(H,27,28);6-8H,2-5H2,1H3/b12-4+,26-8?;/t11-;/m1./s1. The lowest BCUT2D eigenvalue weighted by atomic mass is 9.89. The monoisotopic (exact) mass is 535 g/mol. The van der Waals surface area contributed by atoms with Gasteiger partial charge in [-0.05, 0) is 67.9 Å². The number of alkyl halides is 2. The van der Waals surface area contributed by atoms with E-state index < -0.39 is 18.3 Å². The average Bonchev–Trinajstić information content (AvgIpc) is 3.30. The molecule has 1 saturated carbocycles. The van der Waals surface area contributed by atoms with E-state index in [1.54, 1.807) is 32.6 Å². The summed E-state index contributed by atoms with van der Waals surface area (Å²) in [6.45, 7) is 2.84. The number of allylic oxidation sites excluding steroid dienone is 2. The summed E-state index contributed by atoms with van der Waals surface area (Å²) in [4.78, 5) is 11.5. The normalized spacial score (nSPS) is 19.2. The van der Waals surface area contributed by atoms with Crippen molar-refractivity contribution in [1.82, 2.24) is 9.97 Å². The Balaban J connectivity index is 0.000000405. The maximum Gasteiger partial charge on any atom is 0.387 e. The smallest absolute Gasteiger partial charge is 0.387 e. The van der Waals surface area contributed by atoms with Gasteiger partial charge in [0.15, 0.2) is 0 Å². The van der Waals surface area contributed by atoms with Crippen LogP contribution in [0.3, 0.4) is 0 Å². The molecule has 0 aliphatic heterocycles. The van der Waals surface area contributed by atoms with Gasteiger partial charge in [0.1, 0.15) is 17.2 Å². The number of hydrogen-bond acceptors (Lipinski definition) is 4. The van der Waals surface area contributed by atoms with Crippen LogP contribution in [0.1, 0.15) is 69.1 Å². The van der Waals surface area contributed by atoms with Crippen LogP contribution < -0.4 is 4.74 Å². The maximum atomic E-state index is 14.1. The first-order valence-corrected chi connectivity index (χ1v) is 12.7. The molecule has 2 heterocycles. The minimum atomic E-state index is -3.05. The van der Waals surface area contributed by atoms with Crippen LogP contribution in [-0.2, 0) is 0 Å². The van der Waals surface area contributed by atoms with Gasteiger partial charge < -0.3 is 14.8 Å². The summed E-state index contributed by atoms with van der Waals surface area (Å²) >= 11 is 6.14. The zero-order valence-corrected chi connectivity index (χ0v) is 22.2. The first-order valence-electron chi connectivity index (χ1n) is 12.3. The number of aliphatic hydroxyl groups is 1. The number of aliphatic hydroxyl groups excluding tert-OH is 1. The Hall–Kier alpha value is -2.84. The minimum Gasteiger partial charge on any atom is -0.434 e. The fourth-order valence-corrected chi connectivity index (χ4v) is 4.86. The predicted octanol–water partition coefficient (Wildman–Crippen LogP) is 7.77. The van der Waals surface area contributed by atoms with Gasteiger partial charge >= 0.3 is 6.61 Å². The third kappa shape index (κ3) is 7.14. The largest absolute Gasteiger partial charge is 0.434 e. The molecule has 0 unspecified atom stereocenters. The Kier molecular flexibility index (Phi) is 10.2. The number of nitrogens with one attached hydrogen (secondary N) is 1. The highest BCUT2D eigenvalue weighted by molar-refractivity contribution is 6.31. The van der Waals surface area contributed by atoms with E-state index in [4.69, 9.17) is 16.7 Å². The van der Waals surface area contributed by atoms with Crippen LogP contribution in [0, 0.1) is 11.7 Å². The highest BCUT2D eigenvalue weighted by atomic mass is 35.5. The van der Waals surface area contributed by atoms with Gasteiger partial charge in [0.2, 0.25) is 0 Å². The topological polar surface area (TPSA) is 70.5 Å². The molecule has 0 spiro atoms. The van der Waals surface area contributed by atoms with Crippen molar-refractivity contribution >= 4 is 34.4 Å². The van der Waals surface area contributed by atoms with Gasteiger partial charge in [0, 0.05) is 48.1 Å². The zero-order chi connectivity index (χ0) is 27.1. The Morgan fingerprint density at radius 2 is 1.97 bits per heavy atom. The SMILES string of the molecule is C/C=C(\C=NC)c1cnc2[nH]cc([C@@H](C)c3c(OC(F)F)ccc(F)c3Cl)c2c1.CC1CCC(O)CC1. The third-order valence-electron chi connectivity index (χ3n) is 6.67. The highest BCUT2D eigenvalue weighted by Crippen LogP contribution is 2.41. The molecule has 200 valence electrons. The summed E-state index contributed by atoms with van der Waals surface area (Å²) in [5.41, 5.74) is 3.22. The average molecular weight is 536 g/mol. The van der Waals surface area contributed by atoms with Crippen LogP contribution in [0.25, 0.3) is 16.6 Å². The fraction of sp³-hybridized carbons (Fsp3) is 0.429. The van der Waals surface area contributed by atoms with Gasteiger partial charge in [-0.25, -0.2) is 9.37 Å². The lowest BCUT2D eigenvalue weighted by molar-refractivity contribution is -0.0505. The van der Waals surface area contributed by atoms with Crippen molar-refractivity contribution in [1.29, 1.82) is 0 Å². The molecule has 5 nitrogen and oxygen atoms in total. The van der Waals surface area contributed by atoms with Gasteiger partial charge in [-0.1, -0.05) is 31.5 Å². The van der Waals surface area contributed by atoms with E-state index in [1.165, 1.54) is 12.8 Å². The van der Waals surface area contributed by atoms with Gasteiger partial charge in [-0.3, -0.25) is 4.99 Å². The molecular formula is C28H33ClF3N3O2. The van der Waals surface area contributed by atoms with Crippen LogP contribution in [0.15, 0.2) is 41.7 Å². The second-order valence-electron chi connectivity index (χ2n) is 9.28. The summed E-state index contributed by atoms with van der Waals surface area (Å²) in [5, 5.41) is 9.54. The summed E-state index contributed by atoms with van der Waals surface area (Å²) in [7, 11) is 1.68. The summed E-state index contributed by atoms with van der Waals surface area (Å²) < 4.78 is 44.4. The number of nitrogens with zero attached hydrogens (tertiary/aromatic N) is 2. The van der Waals surface area contributed by atoms with Crippen molar-refractivity contribution in [3.05, 3.63) is 64.2 Å². The van der Waals surface area contributed by atoms with Crippen LogP contribution in [0.4, 0.5) is 13.2 Å². The van der Waals surface area contributed by atoms with Gasteiger partial charge in [-0.2, -0.15) is 8.78 Å². The molecule has 2 aromatic heterocycles. The first-order chi connectivity index (χ1) is 17.7. The van der Waals surface area contributed by atoms with Crippen molar-refractivity contribution in [2.45, 2.75) is 65.1 Å². The van der Waals surface area contributed by atoms with E-state index in [2.05, 4.69) is 26.6 Å². The summed E-state index contributed by atoms with van der Waals surface area (Å²) in [5.74, 6) is -0.543. The fourth-order valence-electron chi connectivity index (χ4n) is 4.54. The molecule has 37 heavy (non-hydrogen) atoms. The van der Waals surface area contributed by atoms with Crippen LogP contribution in [-0.4, -0.2) is 41.1 Å². The number of halogens is 4. The molecule has 1 atom stereocenters. The Morgan fingerprint density at radius 1 is 1.27 bits per heavy atom. The van der Waals surface area contributed by atoms with E-state index in [0.717, 1.165) is 53.0 Å². The molecule has 1 aliphatic carbocycles. The number of pyridine rings is 1. The van der Waals surface area contributed by atoms with Crippen LogP contribution in [0.5, 0.6) is 5.75 Å². The maximum absolute atomic E-state index is 14.1. The Morgan fingerprint density at radius 3 is 2.57 bits per heavy atom. The van der Waals surface area contributed by atoms with Crippen LogP contribution >= 0.6 is 11.6 Å². The van der Waals surface area contributed by atoms with E-state index in [-0.39, 0.29) is 22.4 Å². The van der Waals surface area contributed by atoms with Crippen LogP contribution in [0.2, 0.25) is 5.02 Å². The van der Waals surface area contributed by atoms with Gasteiger partial charge in [0.05, 0.1) is 11.1 Å². The molecule has 2 N–H and O–H groups in total. The molecule has 0 amide bonds. The first kappa shape index (κ1) is 28.7. The number of aromatic amines is 1. The zero-order valence-electron chi connectivity index (χ0n) is 21.4. The van der Waals surface area contributed by atoms with Gasteiger partial charge in [0.25, 0.3) is 0 Å². The quantitative estimate of drug-likeness (QED) is 0.317. The Bertz CT molecular complexity index is 1240. The van der Waals surface area contributed by atoms with Crippen molar-refractivity contribution in [2.75, 3.05) is 7.05 Å². The molecule has 3 aromatic rings. The highest BCUT2D eigenvalue weighted by Gasteiger charge is 2.24. The second kappa shape index (κ2) is 13.1. The van der Waals surface area contributed by atoms with E-state index in [0.29, 0.717) is 5.65 Å². The molecule has 4 rings (SSSR count). The summed E-state index contributed by atoms with van der Waals surface area (Å²) in [6.07, 6.45) is 11.6. The predicted molar refractivity (Wildman–Crippen MR) is 143 cm³/mol. The van der Waals surface area contributed by atoms with Crippen molar-refractivity contribution in [3.63, 3.8) is 0 Å². The third-order valence-corrected chi connectivity index (χ3v) is 7.05. The summed E-state index contributed by atoms with van der Waals surface area (Å²) in [6, 6.07) is 4.09. The molecule has 0 saturated heterocycles. The number of rotatable bonds is 6. The number of aliphatic imine (C=N–C) groups is 1. The Labute approximate surface area is 220 Å². The van der Waals surface area contributed by atoms with E-state index in [9.17, 15) is 13.2 Å². The number of benzene rings is 1. The minimum absolute atomic E-state index is 0.0196. The number of aromatic nitrogens is 2. The number of fused-ring (bicyclic) bond motifs is 1. The van der Waals surface area contributed by atoms with E-state index in [1.807, 2.05) is 19.1 Å². The van der Waals surface area contributed by atoms with Crippen molar-refractivity contribution in [2.24, 2.45) is 10.9 Å². The molecular weight excluding hydrogens is 503 g/mol. The molecule has 1 aromatic carbocycles. The molecule has 1 aliphatic rings. The molecule has 0 bridgehead atoms. The number of hydrogen-bond donors (Lipinski definition) is 2. The van der Waals surface area contributed by atoms with E-state index >= 15 is 0 Å². The lowest BCUT2D eigenvalue weighted by Gasteiger charge is -2.21. The molecule has 9 heteroatoms. The number of ether oxygens (including phenoxy) is 1. The molecule has 0 radical (unpaired) electrons. The van der Waals surface area contributed by atoms with Crippen molar-refractivity contribution < 1.29 is 23.0 Å². The second-order valence-corrected chi connectivity index (χ2v) is 9.66. The molecule has 1 fully saturated rings. The van der Waals surface area contributed by atoms with Crippen molar-refractivity contribution in [3.8, 4) is 5.75 Å². The van der Waals surface area contributed by atoms with Gasteiger partial charge in [-0.15, -0.1) is 0 Å². The number of H-pyrrole nitrogens is 1.